The normalized spacial score (nSPS) is 12.5. The Morgan fingerprint density at radius 1 is 1.62 bits per heavy atom. The van der Waals surface area contributed by atoms with Crippen LogP contribution in [0.15, 0.2) is 18.2 Å². The molecule has 70 valence electrons. The Bertz CT molecular complexity index is 336. The number of carbonyl (C=O) groups is 1. The van der Waals surface area contributed by atoms with Crippen LogP contribution in [0.2, 0.25) is 0 Å². The fraction of sp³-hybridized carbons (Fsp3) is 0.222. The molecule has 2 nitrogen and oxygen atoms in total. The SMILES string of the molecule is CC(Br)C(=O)c1cccc(O)c1F. The van der Waals surface area contributed by atoms with Crippen molar-refractivity contribution in [1.82, 2.24) is 0 Å². The van der Waals surface area contributed by atoms with Crippen molar-refractivity contribution in [3.8, 4) is 5.75 Å². The second-order valence-electron chi connectivity index (χ2n) is 2.62. The molecule has 0 saturated carbocycles. The highest BCUT2D eigenvalue weighted by molar-refractivity contribution is 9.10. The third-order valence-corrected chi connectivity index (χ3v) is 2.02. The van der Waals surface area contributed by atoms with Crippen LogP contribution in [-0.4, -0.2) is 15.7 Å². The van der Waals surface area contributed by atoms with Gasteiger partial charge in [0.15, 0.2) is 17.3 Å². The summed E-state index contributed by atoms with van der Waals surface area (Å²) in [7, 11) is 0. The van der Waals surface area contributed by atoms with Crippen molar-refractivity contribution in [2.45, 2.75) is 11.8 Å². The van der Waals surface area contributed by atoms with Crippen LogP contribution in [-0.2, 0) is 0 Å². The smallest absolute Gasteiger partial charge is 0.179 e. The summed E-state index contributed by atoms with van der Waals surface area (Å²) >= 11 is 3.04. The minimum atomic E-state index is -0.862. The first kappa shape index (κ1) is 10.2. The van der Waals surface area contributed by atoms with Crippen LogP contribution >= 0.6 is 15.9 Å². The van der Waals surface area contributed by atoms with Crippen LogP contribution < -0.4 is 0 Å². The zero-order chi connectivity index (χ0) is 10.0. The van der Waals surface area contributed by atoms with Crippen molar-refractivity contribution in [1.29, 1.82) is 0 Å². The van der Waals surface area contributed by atoms with E-state index in [0.29, 0.717) is 0 Å². The average molecular weight is 247 g/mol. The molecule has 1 unspecified atom stereocenters. The highest BCUT2D eigenvalue weighted by Crippen LogP contribution is 2.21. The Morgan fingerprint density at radius 2 is 2.23 bits per heavy atom. The summed E-state index contributed by atoms with van der Waals surface area (Å²) in [4.78, 5) is 10.9. The molecule has 0 fully saturated rings. The Morgan fingerprint density at radius 3 is 2.77 bits per heavy atom. The van der Waals surface area contributed by atoms with Gasteiger partial charge in [-0.15, -0.1) is 0 Å². The summed E-state index contributed by atoms with van der Waals surface area (Å²) in [6.45, 7) is 1.60. The molecule has 0 aliphatic heterocycles. The summed E-state index contributed by atoms with van der Waals surface area (Å²) in [5.74, 6) is -1.74. The average Bonchev–Trinajstić information content (AvgIpc) is 2.08. The lowest BCUT2D eigenvalue weighted by Gasteiger charge is -2.04. The lowest BCUT2D eigenvalue weighted by atomic mass is 10.1. The third kappa shape index (κ3) is 2.06. The Balaban J connectivity index is 3.15. The van der Waals surface area contributed by atoms with Crippen LogP contribution in [0.3, 0.4) is 0 Å². The molecule has 1 rings (SSSR count). The van der Waals surface area contributed by atoms with Crippen LogP contribution in [0.1, 0.15) is 17.3 Å². The molecule has 0 saturated heterocycles. The van der Waals surface area contributed by atoms with E-state index in [-0.39, 0.29) is 11.3 Å². The van der Waals surface area contributed by atoms with E-state index in [1.54, 1.807) is 6.92 Å². The maximum absolute atomic E-state index is 13.1. The number of halogens is 2. The predicted molar refractivity (Wildman–Crippen MR) is 50.8 cm³/mol. The van der Waals surface area contributed by atoms with Crippen LogP contribution in [0, 0.1) is 5.82 Å². The number of aromatic hydroxyl groups is 1. The third-order valence-electron chi connectivity index (χ3n) is 1.61. The first-order chi connectivity index (χ1) is 6.04. The van der Waals surface area contributed by atoms with E-state index in [0.717, 1.165) is 0 Å². The molecule has 13 heavy (non-hydrogen) atoms. The molecule has 0 spiro atoms. The van der Waals surface area contributed by atoms with Crippen LogP contribution in [0.25, 0.3) is 0 Å². The first-order valence-corrected chi connectivity index (χ1v) is 4.61. The fourth-order valence-electron chi connectivity index (χ4n) is 0.924. The Labute approximate surface area is 83.5 Å². The summed E-state index contributed by atoms with van der Waals surface area (Å²) in [5, 5.41) is 8.99. The first-order valence-electron chi connectivity index (χ1n) is 3.69. The van der Waals surface area contributed by atoms with Crippen molar-refractivity contribution in [2.24, 2.45) is 0 Å². The van der Waals surface area contributed by atoms with Gasteiger partial charge in [0, 0.05) is 0 Å². The number of ketones is 1. The number of Topliss-reactive ketones (excluding diaryl/α,β-unsaturated/α-hetero) is 1. The second kappa shape index (κ2) is 3.87. The van der Waals surface area contributed by atoms with Gasteiger partial charge in [-0.25, -0.2) is 4.39 Å². The van der Waals surface area contributed by atoms with Gasteiger partial charge < -0.3 is 5.11 Å². The second-order valence-corrected chi connectivity index (χ2v) is 3.99. The topological polar surface area (TPSA) is 37.3 Å². The highest BCUT2D eigenvalue weighted by Gasteiger charge is 2.17. The van der Waals surface area contributed by atoms with Gasteiger partial charge in [0.2, 0.25) is 0 Å². The molecule has 0 aliphatic rings. The lowest BCUT2D eigenvalue weighted by molar-refractivity contribution is 0.0991. The molecule has 1 aromatic rings. The van der Waals surface area contributed by atoms with Gasteiger partial charge in [0.05, 0.1) is 10.4 Å². The van der Waals surface area contributed by atoms with Crippen molar-refractivity contribution in [2.75, 3.05) is 0 Å². The molecule has 0 aromatic heterocycles. The van der Waals surface area contributed by atoms with E-state index in [4.69, 9.17) is 5.11 Å². The van der Waals surface area contributed by atoms with E-state index in [9.17, 15) is 9.18 Å². The summed E-state index contributed by atoms with van der Waals surface area (Å²) in [6, 6.07) is 3.97. The van der Waals surface area contributed by atoms with Crippen molar-refractivity contribution in [3.63, 3.8) is 0 Å². The summed E-state index contributed by atoms with van der Waals surface area (Å²) in [6.07, 6.45) is 0. The fourth-order valence-corrected chi connectivity index (χ4v) is 1.17. The number of hydrogen-bond acceptors (Lipinski definition) is 2. The molecule has 0 aliphatic carbocycles. The van der Waals surface area contributed by atoms with Crippen LogP contribution in [0.5, 0.6) is 5.75 Å². The minimum Gasteiger partial charge on any atom is -0.505 e. The van der Waals surface area contributed by atoms with E-state index < -0.39 is 16.4 Å². The maximum atomic E-state index is 13.1. The van der Waals surface area contributed by atoms with Gasteiger partial charge in [0.1, 0.15) is 0 Å². The predicted octanol–water partition coefficient (Wildman–Crippen LogP) is 2.50. The molecule has 0 radical (unpaired) electrons. The van der Waals surface area contributed by atoms with E-state index in [2.05, 4.69) is 15.9 Å². The summed E-state index contributed by atoms with van der Waals surface area (Å²) in [5.41, 5.74) is -0.0932. The Kier molecular flexibility index (Phi) is 3.03. The molecule has 0 bridgehead atoms. The Hall–Kier alpha value is -0.900. The molecular weight excluding hydrogens is 239 g/mol. The monoisotopic (exact) mass is 246 g/mol. The number of phenolic OH excluding ortho intramolecular Hbond substituents is 1. The number of hydrogen-bond donors (Lipinski definition) is 1. The quantitative estimate of drug-likeness (QED) is 0.643. The largest absolute Gasteiger partial charge is 0.505 e. The van der Waals surface area contributed by atoms with E-state index in [1.807, 2.05) is 0 Å². The lowest BCUT2D eigenvalue weighted by Crippen LogP contribution is -2.11. The van der Waals surface area contributed by atoms with Gasteiger partial charge >= 0.3 is 0 Å². The number of rotatable bonds is 2. The molecule has 0 amide bonds. The summed E-state index contributed by atoms with van der Waals surface area (Å²) < 4.78 is 13.1. The number of phenols is 1. The van der Waals surface area contributed by atoms with E-state index in [1.165, 1.54) is 18.2 Å². The van der Waals surface area contributed by atoms with Gasteiger partial charge in [-0.2, -0.15) is 0 Å². The number of carbonyl (C=O) groups excluding carboxylic acids is 1. The molecule has 1 N–H and O–H groups in total. The van der Waals surface area contributed by atoms with Gasteiger partial charge in [-0.05, 0) is 19.1 Å². The van der Waals surface area contributed by atoms with Gasteiger partial charge in [-0.3, -0.25) is 4.79 Å². The molecule has 4 heteroatoms. The zero-order valence-corrected chi connectivity index (χ0v) is 8.51. The van der Waals surface area contributed by atoms with Gasteiger partial charge in [-0.1, -0.05) is 22.0 Å². The number of alkyl halides is 1. The molecule has 0 heterocycles. The standard InChI is InChI=1S/C9H8BrFO2/c1-5(10)9(13)6-3-2-4-7(12)8(6)11/h2-5,12H,1H3. The van der Waals surface area contributed by atoms with Gasteiger partial charge in [0.25, 0.3) is 0 Å². The van der Waals surface area contributed by atoms with E-state index >= 15 is 0 Å². The molecule has 1 atom stereocenters. The number of benzene rings is 1. The van der Waals surface area contributed by atoms with Crippen molar-refractivity contribution in [3.05, 3.63) is 29.6 Å². The van der Waals surface area contributed by atoms with Crippen LogP contribution in [0.4, 0.5) is 4.39 Å². The highest BCUT2D eigenvalue weighted by atomic mass is 79.9. The van der Waals surface area contributed by atoms with Crippen molar-refractivity contribution < 1.29 is 14.3 Å². The minimum absolute atomic E-state index is 0.0932. The zero-order valence-electron chi connectivity index (χ0n) is 6.92. The molecule has 1 aromatic carbocycles. The molecular formula is C9H8BrFO2. The van der Waals surface area contributed by atoms with Crippen molar-refractivity contribution >= 4 is 21.7 Å². The maximum Gasteiger partial charge on any atom is 0.179 e.